The Hall–Kier alpha value is -1.97. The zero-order valence-corrected chi connectivity index (χ0v) is 12.8. The lowest BCUT2D eigenvalue weighted by molar-refractivity contribution is 0.604. The smallest absolute Gasteiger partial charge is 0.0580 e. The Labute approximate surface area is 129 Å². The molecule has 0 aliphatic rings. The summed E-state index contributed by atoms with van der Waals surface area (Å²) in [6, 6.07) is 14.9. The van der Waals surface area contributed by atoms with Gasteiger partial charge in [0.1, 0.15) is 0 Å². The number of hydrogen-bond donors (Lipinski definition) is 1. The lowest BCUT2D eigenvalue weighted by Crippen LogP contribution is -2.22. The van der Waals surface area contributed by atoms with Crippen LogP contribution in [0.4, 0.5) is 0 Å². The van der Waals surface area contributed by atoms with Crippen LogP contribution in [0.25, 0.3) is 0 Å². The predicted octanol–water partition coefficient (Wildman–Crippen LogP) is 4.33. The fraction of sp³-hybridized carbons (Fsp3) is 0.167. The van der Waals surface area contributed by atoms with Crippen LogP contribution in [-0.2, 0) is 6.54 Å². The molecule has 0 saturated heterocycles. The van der Waals surface area contributed by atoms with Gasteiger partial charge in [0.25, 0.3) is 0 Å². The van der Waals surface area contributed by atoms with Gasteiger partial charge in [-0.05, 0) is 52.1 Å². The molecule has 2 aromatic heterocycles. The number of rotatable bonds is 5. The van der Waals surface area contributed by atoms with E-state index in [0.717, 1.165) is 6.54 Å². The van der Waals surface area contributed by atoms with E-state index in [0.29, 0.717) is 0 Å². The van der Waals surface area contributed by atoms with Crippen molar-refractivity contribution in [2.75, 3.05) is 0 Å². The summed E-state index contributed by atoms with van der Waals surface area (Å²) in [6.45, 7) is 3.04. The van der Waals surface area contributed by atoms with E-state index in [1.54, 1.807) is 11.3 Å². The van der Waals surface area contributed by atoms with E-state index in [1.165, 1.54) is 22.3 Å². The molecular formula is C18H18N2S. The van der Waals surface area contributed by atoms with Crippen molar-refractivity contribution in [1.82, 2.24) is 10.3 Å². The average molecular weight is 294 g/mol. The summed E-state index contributed by atoms with van der Waals surface area (Å²) in [5, 5.41) is 8.09. The number of hydrogen-bond acceptors (Lipinski definition) is 3. The van der Waals surface area contributed by atoms with Crippen LogP contribution in [0.2, 0.25) is 0 Å². The van der Waals surface area contributed by atoms with Crippen molar-refractivity contribution in [3.8, 4) is 0 Å². The van der Waals surface area contributed by atoms with Crippen molar-refractivity contribution in [2.24, 2.45) is 0 Å². The highest BCUT2D eigenvalue weighted by atomic mass is 32.1. The Bertz CT molecular complexity index is 637. The van der Waals surface area contributed by atoms with Crippen molar-refractivity contribution >= 4 is 11.3 Å². The van der Waals surface area contributed by atoms with Crippen molar-refractivity contribution in [3.05, 3.63) is 87.9 Å². The van der Waals surface area contributed by atoms with Crippen LogP contribution in [0.15, 0.2) is 65.6 Å². The number of aromatic nitrogens is 1. The zero-order valence-electron chi connectivity index (χ0n) is 12.0. The minimum atomic E-state index is 0.188. The molecule has 3 rings (SSSR count). The molecule has 0 fully saturated rings. The van der Waals surface area contributed by atoms with Crippen LogP contribution in [0, 0.1) is 6.92 Å². The van der Waals surface area contributed by atoms with Crippen LogP contribution >= 0.6 is 11.3 Å². The Morgan fingerprint density at radius 3 is 2.38 bits per heavy atom. The van der Waals surface area contributed by atoms with E-state index in [4.69, 9.17) is 0 Å². The normalized spacial score (nSPS) is 12.2. The molecule has 0 bridgehead atoms. The molecule has 0 aliphatic heterocycles. The summed E-state index contributed by atoms with van der Waals surface area (Å²) in [4.78, 5) is 4.12. The van der Waals surface area contributed by atoms with Crippen molar-refractivity contribution in [1.29, 1.82) is 0 Å². The van der Waals surface area contributed by atoms with Gasteiger partial charge in [-0.25, -0.2) is 0 Å². The summed E-state index contributed by atoms with van der Waals surface area (Å²) in [5.74, 6) is 0. The number of aryl methyl sites for hydroxylation is 1. The first kappa shape index (κ1) is 14.0. The summed E-state index contributed by atoms with van der Waals surface area (Å²) >= 11 is 1.76. The fourth-order valence-electron chi connectivity index (χ4n) is 2.41. The predicted molar refractivity (Wildman–Crippen MR) is 88.4 cm³/mol. The second kappa shape index (κ2) is 6.66. The molecule has 1 atom stereocenters. The van der Waals surface area contributed by atoms with Crippen molar-refractivity contribution < 1.29 is 0 Å². The number of thiophene rings is 1. The SMILES string of the molecule is Cc1cscc1CNC(c1ccccc1)c1ccncc1. The third-order valence-electron chi connectivity index (χ3n) is 3.63. The van der Waals surface area contributed by atoms with Gasteiger partial charge in [0, 0.05) is 18.9 Å². The van der Waals surface area contributed by atoms with E-state index in [2.05, 4.69) is 70.4 Å². The molecular weight excluding hydrogens is 276 g/mol. The highest BCUT2D eigenvalue weighted by Gasteiger charge is 2.13. The average Bonchev–Trinajstić information content (AvgIpc) is 2.95. The maximum atomic E-state index is 4.12. The third kappa shape index (κ3) is 3.38. The maximum absolute atomic E-state index is 4.12. The number of pyridine rings is 1. The molecule has 1 N–H and O–H groups in total. The topological polar surface area (TPSA) is 24.9 Å². The van der Waals surface area contributed by atoms with Gasteiger partial charge in [-0.2, -0.15) is 11.3 Å². The molecule has 0 aliphatic carbocycles. The van der Waals surface area contributed by atoms with Crippen LogP contribution < -0.4 is 5.32 Å². The monoisotopic (exact) mass is 294 g/mol. The molecule has 0 amide bonds. The third-order valence-corrected chi connectivity index (χ3v) is 4.54. The number of nitrogens with zero attached hydrogens (tertiary/aromatic N) is 1. The van der Waals surface area contributed by atoms with Crippen LogP contribution in [-0.4, -0.2) is 4.98 Å². The van der Waals surface area contributed by atoms with Crippen LogP contribution in [0.1, 0.15) is 28.3 Å². The number of benzene rings is 1. The molecule has 2 heterocycles. The highest BCUT2D eigenvalue weighted by molar-refractivity contribution is 7.08. The first-order chi connectivity index (χ1) is 10.3. The number of nitrogens with one attached hydrogen (secondary N) is 1. The fourth-order valence-corrected chi connectivity index (χ4v) is 3.27. The van der Waals surface area contributed by atoms with Crippen molar-refractivity contribution in [3.63, 3.8) is 0 Å². The molecule has 3 aromatic rings. The molecule has 0 spiro atoms. The van der Waals surface area contributed by atoms with Gasteiger partial charge in [0.15, 0.2) is 0 Å². The second-order valence-corrected chi connectivity index (χ2v) is 5.83. The van der Waals surface area contributed by atoms with Gasteiger partial charge in [0.2, 0.25) is 0 Å². The van der Waals surface area contributed by atoms with Crippen molar-refractivity contribution in [2.45, 2.75) is 19.5 Å². The Kier molecular flexibility index (Phi) is 4.43. The highest BCUT2D eigenvalue weighted by Crippen LogP contribution is 2.23. The Balaban J connectivity index is 1.85. The van der Waals surface area contributed by atoms with E-state index in [1.807, 2.05) is 12.4 Å². The summed E-state index contributed by atoms with van der Waals surface area (Å²) in [6.07, 6.45) is 3.70. The molecule has 3 heteroatoms. The standard InChI is InChI=1S/C18H18N2S/c1-14-12-21-13-17(14)11-20-18(15-5-3-2-4-6-15)16-7-9-19-10-8-16/h2-10,12-13,18,20H,11H2,1H3. The molecule has 2 nitrogen and oxygen atoms in total. The van der Waals surface area contributed by atoms with E-state index < -0.39 is 0 Å². The Morgan fingerprint density at radius 2 is 1.71 bits per heavy atom. The largest absolute Gasteiger partial charge is 0.302 e. The van der Waals surface area contributed by atoms with Gasteiger partial charge in [-0.15, -0.1) is 0 Å². The summed E-state index contributed by atoms with van der Waals surface area (Å²) in [5.41, 5.74) is 5.24. The molecule has 106 valence electrons. The van der Waals surface area contributed by atoms with Crippen LogP contribution in [0.3, 0.4) is 0 Å². The molecule has 0 saturated carbocycles. The molecule has 1 aromatic carbocycles. The van der Waals surface area contributed by atoms with E-state index in [-0.39, 0.29) is 6.04 Å². The summed E-state index contributed by atoms with van der Waals surface area (Å²) in [7, 11) is 0. The van der Waals surface area contributed by atoms with Gasteiger partial charge in [-0.1, -0.05) is 30.3 Å². The lowest BCUT2D eigenvalue weighted by Gasteiger charge is -2.19. The van der Waals surface area contributed by atoms with Crippen LogP contribution in [0.5, 0.6) is 0 Å². The van der Waals surface area contributed by atoms with E-state index in [9.17, 15) is 0 Å². The lowest BCUT2D eigenvalue weighted by atomic mass is 9.99. The molecule has 0 radical (unpaired) electrons. The quantitative estimate of drug-likeness (QED) is 0.757. The van der Waals surface area contributed by atoms with Gasteiger partial charge in [-0.3, -0.25) is 4.98 Å². The minimum absolute atomic E-state index is 0.188. The Morgan fingerprint density at radius 1 is 1.00 bits per heavy atom. The second-order valence-electron chi connectivity index (χ2n) is 5.09. The maximum Gasteiger partial charge on any atom is 0.0580 e. The van der Waals surface area contributed by atoms with E-state index >= 15 is 0 Å². The molecule has 21 heavy (non-hydrogen) atoms. The summed E-state index contributed by atoms with van der Waals surface area (Å²) < 4.78 is 0. The van der Waals surface area contributed by atoms with Gasteiger partial charge >= 0.3 is 0 Å². The zero-order chi connectivity index (χ0) is 14.5. The first-order valence-corrected chi connectivity index (χ1v) is 7.99. The minimum Gasteiger partial charge on any atom is -0.302 e. The first-order valence-electron chi connectivity index (χ1n) is 7.04. The molecule has 1 unspecified atom stereocenters. The van der Waals surface area contributed by atoms with Gasteiger partial charge in [0.05, 0.1) is 6.04 Å². The van der Waals surface area contributed by atoms with Gasteiger partial charge < -0.3 is 5.32 Å².